The maximum atomic E-state index is 3.99. The van der Waals surface area contributed by atoms with Gasteiger partial charge in [-0.15, -0.1) is 0 Å². The molecule has 0 aromatic heterocycles. The van der Waals surface area contributed by atoms with E-state index in [0.29, 0.717) is 0 Å². The fraction of sp³-hybridized carbons (Fsp3) is 0.375. The molecule has 9 heavy (non-hydrogen) atoms. The summed E-state index contributed by atoms with van der Waals surface area (Å²) in [4.78, 5) is 3.99. The van der Waals surface area contributed by atoms with Crippen LogP contribution in [0, 0.1) is 0 Å². The monoisotopic (exact) mass is 123 g/mol. The van der Waals surface area contributed by atoms with Gasteiger partial charge in [0, 0.05) is 12.8 Å². The van der Waals surface area contributed by atoms with Gasteiger partial charge < -0.3 is 0 Å². The standard InChI is InChI=1S/C8H13N/c1-4-9-7-5-6-8(2)3/h5-7H,2,4H2,1,3H3/b6-5-,9-7?. The summed E-state index contributed by atoms with van der Waals surface area (Å²) in [5.41, 5.74) is 1.05. The van der Waals surface area contributed by atoms with E-state index in [1.54, 1.807) is 6.21 Å². The Kier molecular flexibility index (Phi) is 4.79. The molecule has 0 atom stereocenters. The summed E-state index contributed by atoms with van der Waals surface area (Å²) in [5, 5.41) is 0. The Balaban J connectivity index is 3.47. The van der Waals surface area contributed by atoms with Gasteiger partial charge in [-0.2, -0.15) is 0 Å². The summed E-state index contributed by atoms with van der Waals surface area (Å²) in [7, 11) is 0. The van der Waals surface area contributed by atoms with Gasteiger partial charge in [0.25, 0.3) is 0 Å². The van der Waals surface area contributed by atoms with Gasteiger partial charge >= 0.3 is 0 Å². The zero-order valence-electron chi connectivity index (χ0n) is 6.09. The molecule has 0 aromatic rings. The smallest absolute Gasteiger partial charge is 0.0360 e. The lowest BCUT2D eigenvalue weighted by molar-refractivity contribution is 1.14. The minimum absolute atomic E-state index is 0.848. The molecule has 0 saturated heterocycles. The highest BCUT2D eigenvalue weighted by Gasteiger charge is 1.68. The second-order valence-corrected chi connectivity index (χ2v) is 1.85. The van der Waals surface area contributed by atoms with Crippen LogP contribution in [-0.4, -0.2) is 12.8 Å². The van der Waals surface area contributed by atoms with E-state index in [9.17, 15) is 0 Å². The second kappa shape index (κ2) is 5.29. The van der Waals surface area contributed by atoms with Crippen LogP contribution in [0.2, 0.25) is 0 Å². The van der Waals surface area contributed by atoms with Crippen LogP contribution in [0.5, 0.6) is 0 Å². The van der Waals surface area contributed by atoms with Crippen molar-refractivity contribution in [3.8, 4) is 0 Å². The maximum Gasteiger partial charge on any atom is 0.0360 e. The lowest BCUT2D eigenvalue weighted by Crippen LogP contribution is -1.69. The Labute approximate surface area is 56.8 Å². The Morgan fingerprint density at radius 1 is 1.67 bits per heavy atom. The molecule has 0 aromatic carbocycles. The summed E-state index contributed by atoms with van der Waals surface area (Å²) < 4.78 is 0. The molecular weight excluding hydrogens is 110 g/mol. The number of rotatable bonds is 3. The second-order valence-electron chi connectivity index (χ2n) is 1.85. The van der Waals surface area contributed by atoms with E-state index >= 15 is 0 Å². The molecule has 50 valence electrons. The lowest BCUT2D eigenvalue weighted by atomic mass is 10.3. The van der Waals surface area contributed by atoms with Gasteiger partial charge in [-0.25, -0.2) is 0 Å². The summed E-state index contributed by atoms with van der Waals surface area (Å²) >= 11 is 0. The molecular formula is C8H13N. The van der Waals surface area contributed by atoms with Crippen molar-refractivity contribution in [2.24, 2.45) is 4.99 Å². The molecule has 0 aliphatic heterocycles. The van der Waals surface area contributed by atoms with Crippen LogP contribution < -0.4 is 0 Å². The van der Waals surface area contributed by atoms with Gasteiger partial charge in [-0.3, -0.25) is 4.99 Å². The molecule has 0 amide bonds. The molecule has 0 heterocycles. The Morgan fingerprint density at radius 3 is 2.78 bits per heavy atom. The molecule has 0 rings (SSSR count). The van der Waals surface area contributed by atoms with Gasteiger partial charge in [-0.1, -0.05) is 18.2 Å². The third-order valence-corrected chi connectivity index (χ3v) is 0.755. The van der Waals surface area contributed by atoms with Crippen LogP contribution in [0.15, 0.2) is 29.3 Å². The average Bonchev–Trinajstić information content (AvgIpc) is 1.80. The Bertz CT molecular complexity index is 132. The number of hydrogen-bond donors (Lipinski definition) is 0. The number of nitrogens with zero attached hydrogens (tertiary/aromatic N) is 1. The van der Waals surface area contributed by atoms with Crippen molar-refractivity contribution < 1.29 is 0 Å². The average molecular weight is 123 g/mol. The SMILES string of the molecule is C=C(C)/C=C\C=NCC. The first-order valence-electron chi connectivity index (χ1n) is 3.09. The predicted molar refractivity (Wildman–Crippen MR) is 43.0 cm³/mol. The van der Waals surface area contributed by atoms with E-state index in [-0.39, 0.29) is 0 Å². The first kappa shape index (κ1) is 8.15. The fourth-order valence-corrected chi connectivity index (χ4v) is 0.374. The van der Waals surface area contributed by atoms with Crippen molar-refractivity contribution in [1.82, 2.24) is 0 Å². The van der Waals surface area contributed by atoms with Crippen molar-refractivity contribution in [2.75, 3.05) is 6.54 Å². The normalized spacial score (nSPS) is 11.3. The van der Waals surface area contributed by atoms with Crippen molar-refractivity contribution in [3.05, 3.63) is 24.3 Å². The van der Waals surface area contributed by atoms with E-state index in [2.05, 4.69) is 11.6 Å². The van der Waals surface area contributed by atoms with Crippen molar-refractivity contribution in [1.29, 1.82) is 0 Å². The molecule has 0 radical (unpaired) electrons. The highest BCUT2D eigenvalue weighted by atomic mass is 14.7. The number of allylic oxidation sites excluding steroid dienone is 3. The summed E-state index contributed by atoms with van der Waals surface area (Å²) in [6.07, 6.45) is 5.61. The minimum atomic E-state index is 0.848. The topological polar surface area (TPSA) is 12.4 Å². The summed E-state index contributed by atoms with van der Waals surface area (Å²) in [6, 6.07) is 0. The van der Waals surface area contributed by atoms with Gasteiger partial charge in [-0.05, 0) is 19.9 Å². The van der Waals surface area contributed by atoms with Crippen LogP contribution in [0.25, 0.3) is 0 Å². The molecule has 0 unspecified atom stereocenters. The third-order valence-electron chi connectivity index (χ3n) is 0.755. The van der Waals surface area contributed by atoms with E-state index in [0.717, 1.165) is 12.1 Å². The number of hydrogen-bond acceptors (Lipinski definition) is 1. The molecule has 0 saturated carbocycles. The molecule has 1 heteroatoms. The van der Waals surface area contributed by atoms with Crippen LogP contribution >= 0.6 is 0 Å². The van der Waals surface area contributed by atoms with Crippen LogP contribution in [0.1, 0.15) is 13.8 Å². The lowest BCUT2D eigenvalue weighted by Gasteiger charge is -1.79. The first-order valence-corrected chi connectivity index (χ1v) is 3.09. The third kappa shape index (κ3) is 7.15. The highest BCUT2D eigenvalue weighted by Crippen LogP contribution is 1.85. The van der Waals surface area contributed by atoms with Crippen molar-refractivity contribution >= 4 is 6.21 Å². The maximum absolute atomic E-state index is 3.99. The predicted octanol–water partition coefficient (Wildman–Crippen LogP) is 2.21. The van der Waals surface area contributed by atoms with E-state index in [1.807, 2.05) is 26.0 Å². The Morgan fingerprint density at radius 2 is 2.33 bits per heavy atom. The quantitative estimate of drug-likeness (QED) is 0.403. The zero-order valence-corrected chi connectivity index (χ0v) is 6.09. The zero-order chi connectivity index (χ0) is 7.11. The summed E-state index contributed by atoms with van der Waals surface area (Å²) in [6.45, 7) is 8.51. The van der Waals surface area contributed by atoms with Crippen LogP contribution in [0.4, 0.5) is 0 Å². The van der Waals surface area contributed by atoms with Crippen LogP contribution in [-0.2, 0) is 0 Å². The van der Waals surface area contributed by atoms with Crippen LogP contribution in [0.3, 0.4) is 0 Å². The molecule has 0 fully saturated rings. The minimum Gasteiger partial charge on any atom is -0.293 e. The van der Waals surface area contributed by atoms with Gasteiger partial charge in [0.2, 0.25) is 0 Å². The molecule has 0 spiro atoms. The number of aliphatic imine (C=N–C) groups is 1. The molecule has 0 aliphatic carbocycles. The van der Waals surface area contributed by atoms with E-state index in [1.165, 1.54) is 0 Å². The molecule has 1 nitrogen and oxygen atoms in total. The highest BCUT2D eigenvalue weighted by molar-refractivity contribution is 5.71. The van der Waals surface area contributed by atoms with Gasteiger partial charge in [0.15, 0.2) is 0 Å². The van der Waals surface area contributed by atoms with E-state index < -0.39 is 0 Å². The molecule has 0 bridgehead atoms. The van der Waals surface area contributed by atoms with E-state index in [4.69, 9.17) is 0 Å². The van der Waals surface area contributed by atoms with Crippen molar-refractivity contribution in [3.63, 3.8) is 0 Å². The first-order chi connectivity index (χ1) is 4.27. The van der Waals surface area contributed by atoms with Crippen molar-refractivity contribution in [2.45, 2.75) is 13.8 Å². The largest absolute Gasteiger partial charge is 0.293 e. The fourth-order valence-electron chi connectivity index (χ4n) is 0.374. The summed E-state index contributed by atoms with van der Waals surface area (Å²) in [5.74, 6) is 0. The van der Waals surface area contributed by atoms with Gasteiger partial charge in [0.05, 0.1) is 0 Å². The molecule has 0 N–H and O–H groups in total. The Hall–Kier alpha value is -0.850. The molecule has 0 aliphatic rings. The van der Waals surface area contributed by atoms with Gasteiger partial charge in [0.1, 0.15) is 0 Å².